The number of amides is 5. The summed E-state index contributed by atoms with van der Waals surface area (Å²) < 4.78 is 5.25. The fourth-order valence-electron chi connectivity index (χ4n) is 6.36. The Morgan fingerprint density at radius 1 is 0.650 bits per heavy atom. The topological polar surface area (TPSA) is 261 Å². The highest BCUT2D eigenvalue weighted by Gasteiger charge is 2.38. The largest absolute Gasteiger partial charge is 0.480 e. The van der Waals surface area contributed by atoms with Gasteiger partial charge in [0.15, 0.2) is 0 Å². The summed E-state index contributed by atoms with van der Waals surface area (Å²) in [6.07, 6.45) is 0.436. The van der Waals surface area contributed by atoms with Crippen LogP contribution in [0.25, 0.3) is 0 Å². The molecule has 0 heterocycles. The predicted octanol–water partition coefficient (Wildman–Crippen LogP) is 2.13. The molecule has 60 heavy (non-hydrogen) atoms. The van der Waals surface area contributed by atoms with Gasteiger partial charge >= 0.3 is 11.9 Å². The van der Waals surface area contributed by atoms with Crippen LogP contribution in [0, 0.1) is 0 Å². The Morgan fingerprint density at radius 3 is 1.67 bits per heavy atom. The molecule has 0 bridgehead atoms. The summed E-state index contributed by atoms with van der Waals surface area (Å²) in [7, 11) is 0. The van der Waals surface area contributed by atoms with Crippen molar-refractivity contribution in [1.82, 2.24) is 26.6 Å². The number of aliphatic carboxylic acids is 1. The summed E-state index contributed by atoms with van der Waals surface area (Å²) in [5, 5.41) is 22.7. The van der Waals surface area contributed by atoms with Gasteiger partial charge in [0.05, 0.1) is 12.6 Å². The van der Waals surface area contributed by atoms with Crippen molar-refractivity contribution in [2.24, 2.45) is 11.5 Å². The van der Waals surface area contributed by atoms with Crippen LogP contribution < -0.4 is 38.1 Å². The number of carboxylic acids is 1. The minimum absolute atomic E-state index is 0.0470. The van der Waals surface area contributed by atoms with E-state index in [1.807, 2.05) is 91.0 Å². The lowest BCUT2D eigenvalue weighted by Crippen LogP contribution is -2.56. The molecule has 0 spiro atoms. The molecule has 0 aromatic heterocycles. The summed E-state index contributed by atoms with van der Waals surface area (Å²) in [6.45, 7) is 6.23. The Hall–Kier alpha value is -6.13. The molecule has 0 saturated carbocycles. The highest BCUT2D eigenvalue weighted by molar-refractivity contribution is 5.94. The van der Waals surface area contributed by atoms with Crippen LogP contribution in [-0.4, -0.2) is 89.4 Å². The van der Waals surface area contributed by atoms with Crippen molar-refractivity contribution in [3.8, 4) is 0 Å². The second-order valence-corrected chi connectivity index (χ2v) is 15.4. The molecule has 324 valence electrons. The number of nitrogens with two attached hydrogens (primary N) is 2. The van der Waals surface area contributed by atoms with Crippen LogP contribution in [0.2, 0.25) is 0 Å². The zero-order chi connectivity index (χ0) is 44.3. The van der Waals surface area contributed by atoms with E-state index in [4.69, 9.17) is 16.2 Å². The van der Waals surface area contributed by atoms with Gasteiger partial charge in [-0.1, -0.05) is 91.0 Å². The van der Waals surface area contributed by atoms with E-state index in [1.165, 1.54) is 6.92 Å². The van der Waals surface area contributed by atoms with E-state index in [1.54, 1.807) is 20.8 Å². The fraction of sp³-hybridized carbons (Fsp3) is 0.432. The van der Waals surface area contributed by atoms with Crippen molar-refractivity contribution in [1.29, 1.82) is 0 Å². The molecule has 3 aromatic carbocycles. The average Bonchev–Trinajstić information content (AvgIpc) is 3.22. The third-order valence-electron chi connectivity index (χ3n) is 9.41. The van der Waals surface area contributed by atoms with E-state index in [-0.39, 0.29) is 32.1 Å². The molecule has 5 amide bonds. The molecular weight excluding hydrogens is 771 g/mol. The number of benzene rings is 3. The van der Waals surface area contributed by atoms with Crippen LogP contribution in [0.4, 0.5) is 0 Å². The van der Waals surface area contributed by atoms with Crippen LogP contribution in [0.15, 0.2) is 91.0 Å². The Morgan fingerprint density at radius 2 is 1.18 bits per heavy atom. The van der Waals surface area contributed by atoms with Crippen molar-refractivity contribution in [2.75, 3.05) is 13.1 Å². The number of rotatable bonds is 23. The number of esters is 1. The molecular formula is C44H59N7O9. The van der Waals surface area contributed by atoms with Crippen molar-refractivity contribution in [3.05, 3.63) is 108 Å². The van der Waals surface area contributed by atoms with E-state index in [2.05, 4.69) is 26.6 Å². The Bertz CT molecular complexity index is 1790. The third-order valence-corrected chi connectivity index (χ3v) is 9.41. The van der Waals surface area contributed by atoms with Crippen LogP contribution in [0.3, 0.4) is 0 Å². The number of carbonyl (C=O) groups is 7. The van der Waals surface area contributed by atoms with Gasteiger partial charge in [0.1, 0.15) is 29.3 Å². The van der Waals surface area contributed by atoms with E-state index in [9.17, 15) is 38.7 Å². The first-order valence-corrected chi connectivity index (χ1v) is 20.0. The molecule has 0 fully saturated rings. The van der Waals surface area contributed by atoms with E-state index >= 15 is 0 Å². The molecule has 0 radical (unpaired) electrons. The lowest BCUT2D eigenvalue weighted by atomic mass is 9.77. The summed E-state index contributed by atoms with van der Waals surface area (Å²) in [5.41, 5.74) is 11.9. The first-order chi connectivity index (χ1) is 28.5. The molecule has 3 rings (SSSR count). The molecule has 0 saturated heterocycles. The Balaban J connectivity index is 1.81. The standard InChI is InChI=1S/C44H59N7O9/c1-29(39(55)50-35(42(58)59)22-14-15-27-45)48-41(57)34(49-37(53)28-47-40(56)33(46)23-26-38(54)60-43(2,3)4)24-25-36(52)51-44(30-16-8-5-9-17-30,31-18-10-6-11-19-31)32-20-12-7-13-21-32/h5-13,16-21,29,33-35H,14-15,22-28,45-46H2,1-4H3,(H,47,56)(H,48,57)(H,49,53)(H,50,55)(H,51,52)(H,58,59)/t29-,33-,34-,35-/m0/s1. The molecule has 0 aliphatic rings. The zero-order valence-electron chi connectivity index (χ0n) is 34.7. The number of ether oxygens (including phenoxy) is 1. The summed E-state index contributed by atoms with van der Waals surface area (Å²) in [5.74, 6) is -5.42. The molecule has 16 heteroatoms. The van der Waals surface area contributed by atoms with Crippen LogP contribution in [-0.2, 0) is 43.8 Å². The van der Waals surface area contributed by atoms with Crippen molar-refractivity contribution in [2.45, 2.75) is 108 Å². The summed E-state index contributed by atoms with van der Waals surface area (Å²) in [4.78, 5) is 90.8. The fourth-order valence-corrected chi connectivity index (χ4v) is 6.36. The summed E-state index contributed by atoms with van der Waals surface area (Å²) >= 11 is 0. The number of hydrogen-bond acceptors (Lipinski definition) is 10. The zero-order valence-corrected chi connectivity index (χ0v) is 34.7. The van der Waals surface area contributed by atoms with Gasteiger partial charge in [-0.15, -0.1) is 0 Å². The summed E-state index contributed by atoms with van der Waals surface area (Å²) in [6, 6.07) is 23.1. The first-order valence-electron chi connectivity index (χ1n) is 20.0. The lowest BCUT2D eigenvalue weighted by molar-refractivity contribution is -0.155. The number of carbonyl (C=O) groups excluding carboxylic acids is 6. The first kappa shape index (κ1) is 48.2. The van der Waals surface area contributed by atoms with Gasteiger partial charge in [0.25, 0.3) is 0 Å². The quantitative estimate of drug-likeness (QED) is 0.0390. The van der Waals surface area contributed by atoms with E-state index < -0.39 is 83.3 Å². The minimum Gasteiger partial charge on any atom is -0.480 e. The monoisotopic (exact) mass is 829 g/mol. The van der Waals surface area contributed by atoms with Gasteiger partial charge in [0, 0.05) is 12.8 Å². The van der Waals surface area contributed by atoms with Crippen LogP contribution >= 0.6 is 0 Å². The molecule has 0 unspecified atom stereocenters. The van der Waals surface area contributed by atoms with Crippen molar-refractivity contribution < 1.29 is 43.4 Å². The molecule has 16 nitrogen and oxygen atoms in total. The predicted molar refractivity (Wildman–Crippen MR) is 225 cm³/mol. The maximum atomic E-state index is 14.1. The van der Waals surface area contributed by atoms with Gasteiger partial charge in [-0.2, -0.15) is 0 Å². The minimum atomic E-state index is -1.39. The number of unbranched alkanes of at least 4 members (excludes halogenated alkanes) is 1. The van der Waals surface area contributed by atoms with E-state index in [0.717, 1.165) is 16.7 Å². The number of hydrogen-bond donors (Lipinski definition) is 8. The molecule has 10 N–H and O–H groups in total. The van der Waals surface area contributed by atoms with Crippen molar-refractivity contribution >= 4 is 41.5 Å². The number of nitrogens with one attached hydrogen (secondary N) is 5. The maximum absolute atomic E-state index is 14.1. The van der Waals surface area contributed by atoms with Crippen LogP contribution in [0.5, 0.6) is 0 Å². The molecule has 0 aliphatic carbocycles. The average molecular weight is 830 g/mol. The highest BCUT2D eigenvalue weighted by Crippen LogP contribution is 2.37. The number of carboxylic acid groups (broad SMARTS) is 1. The van der Waals surface area contributed by atoms with Gasteiger partial charge in [-0.3, -0.25) is 28.8 Å². The second kappa shape index (κ2) is 23.5. The van der Waals surface area contributed by atoms with E-state index in [0.29, 0.717) is 19.4 Å². The highest BCUT2D eigenvalue weighted by atomic mass is 16.6. The van der Waals surface area contributed by atoms with Gasteiger partial charge in [0.2, 0.25) is 29.5 Å². The maximum Gasteiger partial charge on any atom is 0.326 e. The van der Waals surface area contributed by atoms with Crippen LogP contribution in [0.1, 0.15) is 89.3 Å². The normalized spacial score (nSPS) is 13.4. The van der Waals surface area contributed by atoms with Gasteiger partial charge in [-0.25, -0.2) is 4.79 Å². The SMILES string of the molecule is C[C@H](NC(=O)[C@H](CCC(=O)NC(c1ccccc1)(c1ccccc1)c1ccccc1)NC(=O)CNC(=O)[C@@H](N)CCC(=O)OC(C)(C)C)C(=O)N[C@@H](CCCCN)C(=O)O. The van der Waals surface area contributed by atoms with Gasteiger partial charge in [-0.05, 0) is 83.0 Å². The van der Waals surface area contributed by atoms with Crippen molar-refractivity contribution in [3.63, 3.8) is 0 Å². The molecule has 3 aromatic rings. The lowest BCUT2D eigenvalue weighted by Gasteiger charge is -2.37. The Labute approximate surface area is 351 Å². The van der Waals surface area contributed by atoms with Gasteiger partial charge < -0.3 is 47.9 Å². The smallest absolute Gasteiger partial charge is 0.326 e. The second-order valence-electron chi connectivity index (χ2n) is 15.4. The molecule has 4 atom stereocenters. The molecule has 0 aliphatic heterocycles. The Kier molecular flexibility index (Phi) is 18.9. The third kappa shape index (κ3) is 15.2.